The summed E-state index contributed by atoms with van der Waals surface area (Å²) >= 11 is 0. The Kier molecular flexibility index (Phi) is 4.89. The van der Waals surface area contributed by atoms with Gasteiger partial charge in [0, 0.05) is 41.4 Å². The highest BCUT2D eigenvalue weighted by Gasteiger charge is 2.23. The summed E-state index contributed by atoms with van der Waals surface area (Å²) in [7, 11) is 0. The molecule has 2 N–H and O–H groups in total. The standard InChI is InChI=1S/C25H24FN5O/c1-4-31-24-17(12-30-31)8-16-9-19(26)13-28-23(16)20-6-5-14(2)7-21(20)15(3)32-22-10-18(24)11-29-25(22)27/h5-7,9-13,15H,4,8H2,1-3H3,(H2,27,29)/t15-/m1/s1. The Labute approximate surface area is 185 Å². The molecule has 1 aliphatic rings. The smallest absolute Gasteiger partial charge is 0.166 e. The van der Waals surface area contributed by atoms with Gasteiger partial charge >= 0.3 is 0 Å². The van der Waals surface area contributed by atoms with Gasteiger partial charge in [0.1, 0.15) is 11.9 Å². The Morgan fingerprint density at radius 3 is 2.78 bits per heavy atom. The molecule has 0 saturated carbocycles. The first-order valence-corrected chi connectivity index (χ1v) is 10.7. The SMILES string of the molecule is CCn1ncc2c1-c1cnc(N)c(c1)O[C@H](C)c1cc(C)ccc1-c1ncc(F)cc1C2. The lowest BCUT2D eigenvalue weighted by Gasteiger charge is -2.22. The zero-order valence-electron chi connectivity index (χ0n) is 18.3. The van der Waals surface area contributed by atoms with Gasteiger partial charge in [-0.1, -0.05) is 23.8 Å². The first-order valence-electron chi connectivity index (χ1n) is 10.7. The van der Waals surface area contributed by atoms with Gasteiger partial charge in [0.2, 0.25) is 0 Å². The molecule has 0 radical (unpaired) electrons. The monoisotopic (exact) mass is 429 g/mol. The molecule has 0 saturated heterocycles. The van der Waals surface area contributed by atoms with Crippen molar-refractivity contribution in [1.29, 1.82) is 0 Å². The molecule has 1 atom stereocenters. The van der Waals surface area contributed by atoms with Crippen molar-refractivity contribution < 1.29 is 9.13 Å². The molecule has 2 bridgehead atoms. The van der Waals surface area contributed by atoms with E-state index >= 15 is 0 Å². The molecule has 7 heteroatoms. The number of pyridine rings is 2. The van der Waals surface area contributed by atoms with E-state index in [1.54, 1.807) is 12.3 Å². The molecule has 4 aromatic rings. The molecule has 5 rings (SSSR count). The second-order valence-corrected chi connectivity index (χ2v) is 8.13. The van der Waals surface area contributed by atoms with Gasteiger partial charge in [-0.15, -0.1) is 0 Å². The zero-order valence-corrected chi connectivity index (χ0v) is 18.3. The van der Waals surface area contributed by atoms with E-state index in [0.717, 1.165) is 44.8 Å². The first-order chi connectivity index (χ1) is 15.4. The van der Waals surface area contributed by atoms with Crippen molar-refractivity contribution in [1.82, 2.24) is 19.7 Å². The molecule has 1 aliphatic heterocycles. The molecule has 0 aliphatic carbocycles. The summed E-state index contributed by atoms with van der Waals surface area (Å²) in [5.74, 6) is 0.483. The predicted molar refractivity (Wildman–Crippen MR) is 122 cm³/mol. The number of benzene rings is 1. The van der Waals surface area contributed by atoms with E-state index in [0.29, 0.717) is 24.5 Å². The molecule has 0 fully saturated rings. The van der Waals surface area contributed by atoms with Crippen molar-refractivity contribution in [2.75, 3.05) is 5.73 Å². The van der Waals surface area contributed by atoms with Crippen LogP contribution in [-0.2, 0) is 13.0 Å². The van der Waals surface area contributed by atoms with Crippen LogP contribution in [0.2, 0.25) is 0 Å². The topological polar surface area (TPSA) is 78.9 Å². The predicted octanol–water partition coefficient (Wildman–Crippen LogP) is 5.10. The molecule has 0 spiro atoms. The minimum Gasteiger partial charge on any atom is -0.482 e. The van der Waals surface area contributed by atoms with Crippen molar-refractivity contribution in [3.63, 3.8) is 0 Å². The van der Waals surface area contributed by atoms with E-state index in [1.165, 1.54) is 6.20 Å². The highest BCUT2D eigenvalue weighted by atomic mass is 19.1. The second kappa shape index (κ2) is 7.75. The molecule has 6 nitrogen and oxygen atoms in total. The van der Waals surface area contributed by atoms with E-state index in [9.17, 15) is 4.39 Å². The summed E-state index contributed by atoms with van der Waals surface area (Å²) in [5, 5.41) is 4.55. The Morgan fingerprint density at radius 2 is 1.97 bits per heavy atom. The first kappa shape index (κ1) is 20.2. The number of fused-ring (bicyclic) bond motifs is 7. The van der Waals surface area contributed by atoms with Crippen molar-refractivity contribution in [2.45, 2.75) is 39.8 Å². The molecular formula is C25H24FN5O. The molecule has 162 valence electrons. The summed E-state index contributed by atoms with van der Waals surface area (Å²) < 4.78 is 22.5. The van der Waals surface area contributed by atoms with Crippen molar-refractivity contribution in [3.05, 3.63) is 77.0 Å². The number of aryl methyl sites for hydroxylation is 2. The highest BCUT2D eigenvalue weighted by Crippen LogP contribution is 2.38. The summed E-state index contributed by atoms with van der Waals surface area (Å²) in [6.45, 7) is 6.72. The van der Waals surface area contributed by atoms with Crippen LogP contribution in [0.4, 0.5) is 10.2 Å². The average Bonchev–Trinajstić information content (AvgIpc) is 3.17. The molecule has 3 aromatic heterocycles. The molecular weight excluding hydrogens is 405 g/mol. The van der Waals surface area contributed by atoms with Crippen molar-refractivity contribution in [3.8, 4) is 28.3 Å². The van der Waals surface area contributed by atoms with Gasteiger partial charge in [-0.25, -0.2) is 9.37 Å². The third kappa shape index (κ3) is 3.39. The van der Waals surface area contributed by atoms with Crippen molar-refractivity contribution in [2.24, 2.45) is 0 Å². The van der Waals surface area contributed by atoms with Gasteiger partial charge in [0.15, 0.2) is 11.6 Å². The maximum absolute atomic E-state index is 14.3. The minimum atomic E-state index is -0.366. The van der Waals surface area contributed by atoms with E-state index in [-0.39, 0.29) is 11.9 Å². The number of hydrogen-bond acceptors (Lipinski definition) is 5. The Morgan fingerprint density at radius 1 is 1.12 bits per heavy atom. The van der Waals surface area contributed by atoms with Gasteiger partial charge in [-0.05, 0) is 38.5 Å². The van der Waals surface area contributed by atoms with Gasteiger partial charge in [0.05, 0.1) is 23.8 Å². The van der Waals surface area contributed by atoms with E-state index in [1.807, 2.05) is 49.8 Å². The van der Waals surface area contributed by atoms with Crippen LogP contribution in [0.25, 0.3) is 22.5 Å². The second-order valence-electron chi connectivity index (χ2n) is 8.13. The Bertz CT molecular complexity index is 1330. The van der Waals surface area contributed by atoms with Crippen molar-refractivity contribution >= 4 is 5.82 Å². The number of nitrogens with two attached hydrogens (primary N) is 1. The molecule has 1 aromatic carbocycles. The van der Waals surface area contributed by atoms with Gasteiger partial charge in [0.25, 0.3) is 0 Å². The van der Waals surface area contributed by atoms with Crippen LogP contribution in [0.5, 0.6) is 5.75 Å². The maximum Gasteiger partial charge on any atom is 0.166 e. The summed E-state index contributed by atoms with van der Waals surface area (Å²) in [6.07, 6.45) is 4.99. The number of ether oxygens (including phenoxy) is 1. The van der Waals surface area contributed by atoms with E-state index in [4.69, 9.17) is 10.5 Å². The third-order valence-electron chi connectivity index (χ3n) is 5.89. The fourth-order valence-corrected chi connectivity index (χ4v) is 4.36. The lowest BCUT2D eigenvalue weighted by atomic mass is 9.92. The van der Waals surface area contributed by atoms with Crippen LogP contribution < -0.4 is 10.5 Å². The van der Waals surface area contributed by atoms with Crippen LogP contribution in [-0.4, -0.2) is 19.7 Å². The lowest BCUT2D eigenvalue weighted by molar-refractivity contribution is 0.228. The van der Waals surface area contributed by atoms with Crippen LogP contribution in [0, 0.1) is 12.7 Å². The summed E-state index contributed by atoms with van der Waals surface area (Å²) in [6, 6.07) is 9.60. The summed E-state index contributed by atoms with van der Waals surface area (Å²) in [5.41, 5.74) is 13.4. The third-order valence-corrected chi connectivity index (χ3v) is 5.89. The summed E-state index contributed by atoms with van der Waals surface area (Å²) in [4.78, 5) is 8.89. The fraction of sp³-hybridized carbons (Fsp3) is 0.240. The van der Waals surface area contributed by atoms with Crippen LogP contribution in [0.3, 0.4) is 0 Å². The fourth-order valence-electron chi connectivity index (χ4n) is 4.36. The minimum absolute atomic E-state index is 0.320. The van der Waals surface area contributed by atoms with Crippen LogP contribution in [0.15, 0.2) is 48.9 Å². The maximum atomic E-state index is 14.3. The average molecular weight is 429 g/mol. The number of hydrogen-bond donors (Lipinski definition) is 1. The van der Waals surface area contributed by atoms with Gasteiger partial charge in [-0.2, -0.15) is 5.10 Å². The normalized spacial score (nSPS) is 14.9. The number of rotatable bonds is 1. The highest BCUT2D eigenvalue weighted by molar-refractivity contribution is 5.72. The number of nitrogen functional groups attached to an aromatic ring is 1. The number of halogens is 1. The zero-order chi connectivity index (χ0) is 22.4. The molecule has 32 heavy (non-hydrogen) atoms. The molecule has 0 amide bonds. The lowest BCUT2D eigenvalue weighted by Crippen LogP contribution is -2.10. The molecule has 0 unspecified atom stereocenters. The van der Waals surface area contributed by atoms with Crippen LogP contribution >= 0.6 is 0 Å². The van der Waals surface area contributed by atoms with Crippen LogP contribution in [0.1, 0.15) is 42.2 Å². The van der Waals surface area contributed by atoms with E-state index < -0.39 is 0 Å². The number of aromatic nitrogens is 4. The number of nitrogens with zero attached hydrogens (tertiary/aromatic N) is 4. The Balaban J connectivity index is 1.83. The van der Waals surface area contributed by atoms with Gasteiger partial charge < -0.3 is 10.5 Å². The molecule has 4 heterocycles. The Hall–Kier alpha value is -3.74. The quantitative estimate of drug-likeness (QED) is 0.455. The van der Waals surface area contributed by atoms with Gasteiger partial charge in [-0.3, -0.25) is 9.67 Å². The number of anilines is 1. The van der Waals surface area contributed by atoms with E-state index in [2.05, 4.69) is 21.1 Å². The largest absolute Gasteiger partial charge is 0.482 e.